The molecule has 0 atom stereocenters. The normalized spacial score (nSPS) is 14.3. The van der Waals surface area contributed by atoms with Crippen LogP contribution in [0.2, 0.25) is 0 Å². The first kappa shape index (κ1) is 25.4. The third kappa shape index (κ3) is 4.96. The maximum Gasteiger partial charge on any atom is 0.490 e. The molecule has 0 bridgehead atoms. The first-order valence-corrected chi connectivity index (χ1v) is 12.8. The van der Waals surface area contributed by atoms with Crippen molar-refractivity contribution in [2.24, 2.45) is 0 Å². The quantitative estimate of drug-likeness (QED) is 0.261. The number of H-pyrrole nitrogens is 1. The average Bonchev–Trinajstić information content (AvgIpc) is 3.47. The minimum Gasteiger partial charge on any atom is -0.457 e. The maximum absolute atomic E-state index is 15.0. The van der Waals surface area contributed by atoms with Crippen LogP contribution in [-0.2, 0) is 25.8 Å². The van der Waals surface area contributed by atoms with Crippen LogP contribution in [0.4, 0.5) is 40.7 Å². The number of hydrogen-bond acceptors (Lipinski definition) is 9. The summed E-state index contributed by atoms with van der Waals surface area (Å²) in [6.07, 6.45) is -2.47. The molecule has 2 N–H and O–H groups in total. The molecule has 2 aromatic carbocycles. The van der Waals surface area contributed by atoms with Gasteiger partial charge < -0.3 is 15.0 Å². The highest BCUT2D eigenvalue weighted by Gasteiger charge is 2.41. The van der Waals surface area contributed by atoms with E-state index in [0.29, 0.717) is 34.3 Å². The zero-order chi connectivity index (χ0) is 27.1. The lowest BCUT2D eigenvalue weighted by molar-refractivity contribution is -0.199. The largest absolute Gasteiger partial charge is 0.490 e. The molecule has 15 heteroatoms. The first-order chi connectivity index (χ1) is 18.0. The predicted molar refractivity (Wildman–Crippen MR) is 128 cm³/mol. The van der Waals surface area contributed by atoms with E-state index >= 15 is 4.39 Å². The second kappa shape index (κ2) is 9.55. The molecule has 198 valence electrons. The number of esters is 1. The molecule has 0 fully saturated rings. The fourth-order valence-corrected chi connectivity index (χ4v) is 5.64. The summed E-state index contributed by atoms with van der Waals surface area (Å²) in [5.41, 5.74) is 1.91. The van der Waals surface area contributed by atoms with Crippen molar-refractivity contribution in [1.82, 2.24) is 20.2 Å². The van der Waals surface area contributed by atoms with Gasteiger partial charge in [0, 0.05) is 11.1 Å². The summed E-state index contributed by atoms with van der Waals surface area (Å²) in [5.74, 6) is -3.71. The highest BCUT2D eigenvalue weighted by Crippen LogP contribution is 2.33. The Morgan fingerprint density at radius 2 is 2.00 bits per heavy atom. The molecule has 10 nitrogen and oxygen atoms in total. The third-order valence-electron chi connectivity index (χ3n) is 5.81. The highest BCUT2D eigenvalue weighted by atomic mass is 32.2. The standard InChI is InChI=1S/C23H18F4N6O4S/c24-16-12-28-22(30-14-5-4-13-6-9-38(35,36)19(13)10-14)31-20(16)33(7-8-37-21(34)23(25,26)27)18-3-1-2-17-15(18)11-29-32-17/h1-5,10-12H,6-9H2,(H,29,32)(H,28,30,31). The Hall–Kier alpha value is -4.27. The summed E-state index contributed by atoms with van der Waals surface area (Å²) in [6.45, 7) is -1.13. The van der Waals surface area contributed by atoms with Gasteiger partial charge in [-0.25, -0.2) is 22.6 Å². The Morgan fingerprint density at radius 1 is 1.18 bits per heavy atom. The van der Waals surface area contributed by atoms with E-state index in [9.17, 15) is 26.4 Å². The lowest BCUT2D eigenvalue weighted by atomic mass is 10.1. The van der Waals surface area contributed by atoms with Crippen molar-refractivity contribution >= 4 is 49.9 Å². The number of carbonyl (C=O) groups excluding carboxylic acids is 1. The lowest BCUT2D eigenvalue weighted by Gasteiger charge is -2.25. The van der Waals surface area contributed by atoms with Crippen LogP contribution >= 0.6 is 0 Å². The number of nitrogens with one attached hydrogen (secondary N) is 2. The maximum atomic E-state index is 15.0. The zero-order valence-electron chi connectivity index (χ0n) is 19.3. The monoisotopic (exact) mass is 550 g/mol. The van der Waals surface area contributed by atoms with E-state index in [2.05, 4.69) is 30.2 Å². The van der Waals surface area contributed by atoms with Crippen molar-refractivity contribution < 1.29 is 35.5 Å². The molecule has 0 saturated carbocycles. The second-order valence-corrected chi connectivity index (χ2v) is 10.4. The van der Waals surface area contributed by atoms with Gasteiger partial charge in [0.2, 0.25) is 5.95 Å². The smallest absolute Gasteiger partial charge is 0.457 e. The molecule has 0 saturated heterocycles. The fraction of sp³-hybridized carbons (Fsp3) is 0.217. The van der Waals surface area contributed by atoms with E-state index in [1.807, 2.05) is 0 Å². The van der Waals surface area contributed by atoms with E-state index < -0.39 is 41.0 Å². The number of carbonyl (C=O) groups is 1. The van der Waals surface area contributed by atoms with Crippen molar-refractivity contribution in [2.45, 2.75) is 17.5 Å². The van der Waals surface area contributed by atoms with Gasteiger partial charge in [-0.3, -0.25) is 5.10 Å². The van der Waals surface area contributed by atoms with Gasteiger partial charge in [-0.05, 0) is 36.2 Å². The van der Waals surface area contributed by atoms with Gasteiger partial charge in [-0.1, -0.05) is 12.1 Å². The molecular weight excluding hydrogens is 532 g/mol. The molecule has 0 unspecified atom stereocenters. The lowest BCUT2D eigenvalue weighted by Crippen LogP contribution is -2.30. The first-order valence-electron chi connectivity index (χ1n) is 11.1. The number of anilines is 4. The van der Waals surface area contributed by atoms with Gasteiger partial charge in [0.1, 0.15) is 6.61 Å². The van der Waals surface area contributed by atoms with Gasteiger partial charge in [-0.2, -0.15) is 23.3 Å². The van der Waals surface area contributed by atoms with Gasteiger partial charge >= 0.3 is 12.1 Å². The van der Waals surface area contributed by atoms with E-state index in [4.69, 9.17) is 0 Å². The molecule has 5 rings (SSSR count). The van der Waals surface area contributed by atoms with E-state index in [1.165, 1.54) is 17.2 Å². The van der Waals surface area contributed by atoms with Crippen LogP contribution in [0.15, 0.2) is 53.7 Å². The van der Waals surface area contributed by atoms with Crippen LogP contribution in [0.5, 0.6) is 0 Å². The number of ether oxygens (including phenoxy) is 1. The van der Waals surface area contributed by atoms with Crippen LogP contribution in [0.25, 0.3) is 10.9 Å². The minimum atomic E-state index is -5.18. The van der Waals surface area contributed by atoms with Crippen molar-refractivity contribution in [3.63, 3.8) is 0 Å². The molecule has 0 radical (unpaired) electrons. The van der Waals surface area contributed by atoms with Crippen LogP contribution in [0.1, 0.15) is 5.56 Å². The molecule has 1 aliphatic rings. The van der Waals surface area contributed by atoms with Crippen LogP contribution in [0, 0.1) is 5.82 Å². The van der Waals surface area contributed by atoms with Gasteiger partial charge in [-0.15, -0.1) is 0 Å². The average molecular weight is 550 g/mol. The summed E-state index contributed by atoms with van der Waals surface area (Å²) >= 11 is 0. The Kier molecular flexibility index (Phi) is 6.38. The van der Waals surface area contributed by atoms with E-state index in [-0.39, 0.29) is 22.4 Å². The molecule has 0 aliphatic carbocycles. The fourth-order valence-electron chi connectivity index (χ4n) is 4.06. The highest BCUT2D eigenvalue weighted by molar-refractivity contribution is 7.91. The van der Waals surface area contributed by atoms with E-state index in [1.54, 1.807) is 30.3 Å². The topological polar surface area (TPSA) is 130 Å². The van der Waals surface area contributed by atoms with Crippen molar-refractivity contribution in [2.75, 3.05) is 29.1 Å². The summed E-state index contributed by atoms with van der Waals surface area (Å²) in [4.78, 5) is 20.7. The molecule has 4 aromatic rings. The van der Waals surface area contributed by atoms with Crippen molar-refractivity contribution in [3.8, 4) is 0 Å². The summed E-state index contributed by atoms with van der Waals surface area (Å²) in [7, 11) is -3.41. The predicted octanol–water partition coefficient (Wildman–Crippen LogP) is 3.81. The molecule has 0 spiro atoms. The zero-order valence-corrected chi connectivity index (χ0v) is 20.1. The summed E-state index contributed by atoms with van der Waals surface area (Å²) < 4.78 is 81.8. The molecule has 0 amide bonds. The molecule has 38 heavy (non-hydrogen) atoms. The van der Waals surface area contributed by atoms with E-state index in [0.717, 1.165) is 6.20 Å². The molecule has 3 heterocycles. The Balaban J connectivity index is 1.49. The number of alkyl halides is 3. The number of hydrogen-bond donors (Lipinski definition) is 2. The number of aryl methyl sites for hydroxylation is 1. The number of aromatic amines is 1. The van der Waals surface area contributed by atoms with Crippen molar-refractivity contribution in [1.29, 1.82) is 0 Å². The van der Waals surface area contributed by atoms with Crippen molar-refractivity contribution in [3.05, 3.63) is 60.2 Å². The van der Waals surface area contributed by atoms with Gasteiger partial charge in [0.05, 0.1) is 40.8 Å². The van der Waals surface area contributed by atoms with Crippen LogP contribution < -0.4 is 10.2 Å². The number of halogens is 4. The number of aromatic nitrogens is 4. The number of rotatable bonds is 7. The number of benzene rings is 2. The number of nitrogens with zero attached hydrogens (tertiary/aromatic N) is 4. The SMILES string of the molecule is O=C(OCCN(c1nc(Nc2ccc3c(c2)S(=O)(=O)CC3)ncc1F)c1cccc2[nH]ncc12)C(F)(F)F. The van der Waals surface area contributed by atoms with Crippen LogP contribution in [0.3, 0.4) is 0 Å². The Morgan fingerprint density at radius 3 is 2.79 bits per heavy atom. The number of sulfone groups is 1. The summed E-state index contributed by atoms with van der Waals surface area (Å²) in [6, 6.07) is 9.61. The van der Waals surface area contributed by atoms with Gasteiger partial charge in [0.25, 0.3) is 0 Å². The molecular formula is C23H18F4N6O4S. The third-order valence-corrected chi connectivity index (χ3v) is 7.60. The van der Waals surface area contributed by atoms with Crippen LogP contribution in [-0.4, -0.2) is 59.6 Å². The Bertz CT molecular complexity index is 1640. The minimum absolute atomic E-state index is 0.0103. The Labute approximate surface area is 212 Å². The summed E-state index contributed by atoms with van der Waals surface area (Å²) in [5, 5.41) is 10.0. The number of fused-ring (bicyclic) bond motifs is 2. The van der Waals surface area contributed by atoms with Gasteiger partial charge in [0.15, 0.2) is 21.5 Å². The second-order valence-electron chi connectivity index (χ2n) is 8.28. The molecule has 1 aliphatic heterocycles. The molecule has 2 aromatic heterocycles.